The zero-order chi connectivity index (χ0) is 14.4. The van der Waals surface area contributed by atoms with Crippen LogP contribution >= 0.6 is 0 Å². The number of halogens is 2. The predicted molar refractivity (Wildman–Crippen MR) is 63.3 cm³/mol. The number of nitrogens with one attached hydrogen (secondary N) is 1. The van der Waals surface area contributed by atoms with E-state index in [4.69, 9.17) is 5.73 Å². The molecule has 7 heteroatoms. The van der Waals surface area contributed by atoms with Crippen molar-refractivity contribution in [1.82, 2.24) is 5.32 Å². The molecule has 1 aromatic carbocycles. The maximum absolute atomic E-state index is 13.4. The van der Waals surface area contributed by atoms with Crippen molar-refractivity contribution in [3.63, 3.8) is 0 Å². The van der Waals surface area contributed by atoms with E-state index < -0.39 is 29.6 Å². The molecule has 0 aromatic heterocycles. The van der Waals surface area contributed by atoms with Gasteiger partial charge in [-0.2, -0.15) is 0 Å². The molecule has 0 radical (unpaired) electrons. The molecule has 0 unspecified atom stereocenters. The smallest absolute Gasteiger partial charge is 0.404 e. The van der Waals surface area contributed by atoms with Crippen molar-refractivity contribution in [3.8, 4) is 0 Å². The number of carbonyl (C=O) groups excluding carboxylic acids is 2. The first-order valence-electron chi connectivity index (χ1n) is 5.57. The molecule has 5 nitrogen and oxygen atoms in total. The van der Waals surface area contributed by atoms with Crippen LogP contribution in [0.5, 0.6) is 0 Å². The van der Waals surface area contributed by atoms with E-state index in [2.05, 4.69) is 10.1 Å². The number of hydrogen-bond donors (Lipinski definition) is 2. The highest BCUT2D eigenvalue weighted by Gasteiger charge is 2.22. The highest BCUT2D eigenvalue weighted by molar-refractivity contribution is 5.83. The summed E-state index contributed by atoms with van der Waals surface area (Å²) in [4.78, 5) is 22.0. The van der Waals surface area contributed by atoms with Gasteiger partial charge in [-0.15, -0.1) is 0 Å². The van der Waals surface area contributed by atoms with Crippen LogP contribution in [0.15, 0.2) is 18.2 Å². The monoisotopic (exact) mass is 272 g/mol. The van der Waals surface area contributed by atoms with Crippen LogP contribution in [0.3, 0.4) is 0 Å². The Hall–Kier alpha value is -2.18. The minimum Gasteiger partial charge on any atom is -0.448 e. The minimum absolute atomic E-state index is 0.0161. The first kappa shape index (κ1) is 14.9. The highest BCUT2D eigenvalue weighted by Crippen LogP contribution is 2.22. The first-order valence-corrected chi connectivity index (χ1v) is 5.57. The average Bonchev–Trinajstić information content (AvgIpc) is 2.33. The molecule has 0 aliphatic carbocycles. The van der Waals surface area contributed by atoms with Crippen LogP contribution in [0.1, 0.15) is 18.4 Å². The van der Waals surface area contributed by atoms with Gasteiger partial charge >= 0.3 is 6.09 Å². The number of carbonyl (C=O) groups is 2. The van der Waals surface area contributed by atoms with Crippen LogP contribution < -0.4 is 11.1 Å². The highest BCUT2D eigenvalue weighted by atomic mass is 19.1. The topological polar surface area (TPSA) is 81.4 Å². The second-order valence-corrected chi connectivity index (χ2v) is 3.82. The quantitative estimate of drug-likeness (QED) is 0.792. The van der Waals surface area contributed by atoms with Gasteiger partial charge in [-0.3, -0.25) is 4.79 Å². The molecule has 1 aromatic rings. The fraction of sp³-hybridized carbons (Fsp3) is 0.333. The van der Waals surface area contributed by atoms with Crippen LogP contribution in [0.2, 0.25) is 0 Å². The Balaban J connectivity index is 2.59. The SMILES string of the molecule is C[C@@H](C(=O)NCCOC(N)=O)c1c(F)cccc1F. The molecular formula is C12H14F2N2O3. The minimum atomic E-state index is -0.991. The third-order valence-electron chi connectivity index (χ3n) is 2.47. The fourth-order valence-corrected chi connectivity index (χ4v) is 1.53. The van der Waals surface area contributed by atoms with Crippen molar-refractivity contribution in [2.45, 2.75) is 12.8 Å². The molecule has 0 saturated heterocycles. The van der Waals surface area contributed by atoms with Gasteiger partial charge in [-0.05, 0) is 19.1 Å². The van der Waals surface area contributed by atoms with E-state index in [1.807, 2.05) is 0 Å². The fourth-order valence-electron chi connectivity index (χ4n) is 1.53. The van der Waals surface area contributed by atoms with Crippen LogP contribution in [0.4, 0.5) is 13.6 Å². The van der Waals surface area contributed by atoms with Crippen LogP contribution in [0.25, 0.3) is 0 Å². The first-order chi connectivity index (χ1) is 8.93. The van der Waals surface area contributed by atoms with Crippen molar-refractivity contribution >= 4 is 12.0 Å². The molecule has 19 heavy (non-hydrogen) atoms. The van der Waals surface area contributed by atoms with Gasteiger partial charge in [0, 0.05) is 5.56 Å². The zero-order valence-corrected chi connectivity index (χ0v) is 10.3. The molecule has 2 amide bonds. The molecule has 0 saturated carbocycles. The second kappa shape index (κ2) is 6.67. The van der Waals surface area contributed by atoms with Gasteiger partial charge in [-0.1, -0.05) is 6.07 Å². The van der Waals surface area contributed by atoms with E-state index in [1.165, 1.54) is 13.0 Å². The lowest BCUT2D eigenvalue weighted by Gasteiger charge is -2.14. The summed E-state index contributed by atoms with van der Waals surface area (Å²) in [7, 11) is 0. The Labute approximate surface area is 108 Å². The van der Waals surface area contributed by atoms with Crippen LogP contribution in [0, 0.1) is 11.6 Å². The maximum atomic E-state index is 13.4. The van der Waals surface area contributed by atoms with Gasteiger partial charge in [0.05, 0.1) is 12.5 Å². The summed E-state index contributed by atoms with van der Waals surface area (Å²) in [5.74, 6) is -3.13. The Bertz CT molecular complexity index is 460. The number of hydrogen-bond acceptors (Lipinski definition) is 3. The van der Waals surface area contributed by atoms with Crippen molar-refractivity contribution < 1.29 is 23.1 Å². The summed E-state index contributed by atoms with van der Waals surface area (Å²) in [6.07, 6.45) is -0.956. The lowest BCUT2D eigenvalue weighted by Crippen LogP contribution is -2.32. The van der Waals surface area contributed by atoms with E-state index in [0.717, 1.165) is 12.1 Å². The van der Waals surface area contributed by atoms with Gasteiger partial charge in [-0.25, -0.2) is 13.6 Å². The van der Waals surface area contributed by atoms with E-state index in [-0.39, 0.29) is 18.7 Å². The molecule has 0 aliphatic rings. The summed E-state index contributed by atoms with van der Waals surface area (Å²) in [5.41, 5.74) is 4.43. The third-order valence-corrected chi connectivity index (χ3v) is 2.47. The Morgan fingerprint density at radius 1 is 1.37 bits per heavy atom. The van der Waals surface area contributed by atoms with E-state index in [9.17, 15) is 18.4 Å². The number of amides is 2. The van der Waals surface area contributed by atoms with E-state index in [1.54, 1.807) is 0 Å². The summed E-state index contributed by atoms with van der Waals surface area (Å²) in [6, 6.07) is 3.39. The van der Waals surface area contributed by atoms with Gasteiger partial charge in [0.25, 0.3) is 0 Å². The van der Waals surface area contributed by atoms with Gasteiger partial charge in [0.15, 0.2) is 0 Å². The molecule has 3 N–H and O–H groups in total. The molecule has 0 bridgehead atoms. The van der Waals surface area contributed by atoms with Crippen LogP contribution in [-0.2, 0) is 9.53 Å². The summed E-state index contributed by atoms with van der Waals surface area (Å²) in [6.45, 7) is 1.29. The molecule has 0 aliphatic heterocycles. The molecule has 0 fully saturated rings. The number of benzene rings is 1. The van der Waals surface area contributed by atoms with Crippen molar-refractivity contribution in [2.75, 3.05) is 13.2 Å². The molecule has 1 rings (SSSR count). The maximum Gasteiger partial charge on any atom is 0.404 e. The standard InChI is InChI=1S/C12H14F2N2O3/c1-7(10-8(13)3-2-4-9(10)14)11(17)16-5-6-19-12(15)18/h2-4,7H,5-6H2,1H3,(H2,15,18)(H,16,17)/t7-/m1/s1. The summed E-state index contributed by atoms with van der Waals surface area (Å²) >= 11 is 0. The average molecular weight is 272 g/mol. The van der Waals surface area contributed by atoms with Crippen molar-refractivity contribution in [1.29, 1.82) is 0 Å². The normalized spacial score (nSPS) is 11.7. The van der Waals surface area contributed by atoms with Gasteiger partial charge < -0.3 is 15.8 Å². The third kappa shape index (κ3) is 4.20. The van der Waals surface area contributed by atoms with E-state index in [0.29, 0.717) is 0 Å². The Morgan fingerprint density at radius 3 is 2.47 bits per heavy atom. The number of ether oxygens (including phenoxy) is 1. The number of nitrogens with two attached hydrogens (primary N) is 1. The van der Waals surface area contributed by atoms with Gasteiger partial charge in [0.2, 0.25) is 5.91 Å². The molecule has 104 valence electrons. The van der Waals surface area contributed by atoms with E-state index >= 15 is 0 Å². The molecule has 0 heterocycles. The predicted octanol–water partition coefficient (Wildman–Crippen LogP) is 1.28. The summed E-state index contributed by atoms with van der Waals surface area (Å²) < 4.78 is 31.3. The molecular weight excluding hydrogens is 258 g/mol. The molecule has 0 spiro atoms. The molecule has 1 atom stereocenters. The number of primary amides is 1. The lowest BCUT2D eigenvalue weighted by molar-refractivity contribution is -0.122. The second-order valence-electron chi connectivity index (χ2n) is 3.82. The van der Waals surface area contributed by atoms with Gasteiger partial charge in [0.1, 0.15) is 18.2 Å². The summed E-state index contributed by atoms with van der Waals surface area (Å²) in [5, 5.41) is 2.39. The van der Waals surface area contributed by atoms with Crippen LogP contribution in [-0.4, -0.2) is 25.2 Å². The largest absolute Gasteiger partial charge is 0.448 e. The van der Waals surface area contributed by atoms with Crippen molar-refractivity contribution in [2.24, 2.45) is 5.73 Å². The van der Waals surface area contributed by atoms with Crippen molar-refractivity contribution in [3.05, 3.63) is 35.4 Å². The Morgan fingerprint density at radius 2 is 1.95 bits per heavy atom. The number of rotatable bonds is 5. The Kier molecular flexibility index (Phi) is 5.23. The zero-order valence-electron chi connectivity index (χ0n) is 10.3. The lowest BCUT2D eigenvalue weighted by atomic mass is 9.99.